The molecule has 1 saturated heterocycles. The van der Waals surface area contributed by atoms with Gasteiger partial charge in [0.1, 0.15) is 5.75 Å². The van der Waals surface area contributed by atoms with Gasteiger partial charge < -0.3 is 10.0 Å². The van der Waals surface area contributed by atoms with Gasteiger partial charge in [-0.25, -0.2) is 14.7 Å². The Hall–Kier alpha value is -3.21. The molecule has 166 valence electrons. The lowest BCUT2D eigenvalue weighted by Gasteiger charge is -2.31. The van der Waals surface area contributed by atoms with Gasteiger partial charge in [0.2, 0.25) is 12.0 Å². The molecule has 1 aromatic heterocycles. The Bertz CT molecular complexity index is 1030. The van der Waals surface area contributed by atoms with E-state index in [-0.39, 0.29) is 22.4 Å². The quantitative estimate of drug-likeness (QED) is 0.574. The average Bonchev–Trinajstić information content (AvgIpc) is 2.71. The van der Waals surface area contributed by atoms with E-state index in [9.17, 15) is 23.1 Å². The molecule has 0 saturated carbocycles. The van der Waals surface area contributed by atoms with Crippen molar-refractivity contribution in [3.05, 3.63) is 40.6 Å². The van der Waals surface area contributed by atoms with E-state index in [0.29, 0.717) is 44.6 Å². The van der Waals surface area contributed by atoms with Gasteiger partial charge in [-0.1, -0.05) is 0 Å². The van der Waals surface area contributed by atoms with Crippen molar-refractivity contribution >= 4 is 13.1 Å². The first-order valence-corrected chi connectivity index (χ1v) is 9.55. The standard InChI is InChI=1S/C20H23F3N6O2/c1-13-8-15(20(21,22)23)10-17(31)18(13)16-9-14(2)29(24-3)19(26-16)25-11-27-4-6-28(12-30)7-5-27/h8-10,12,31H,3-7,11H2,1-2H3/b25-19-. The van der Waals surface area contributed by atoms with Crippen molar-refractivity contribution in [1.82, 2.24) is 19.5 Å². The number of alkyl halides is 3. The third-order valence-corrected chi connectivity index (χ3v) is 5.10. The van der Waals surface area contributed by atoms with E-state index >= 15 is 0 Å². The molecule has 0 radical (unpaired) electrons. The largest absolute Gasteiger partial charge is 0.507 e. The average molecular weight is 436 g/mol. The summed E-state index contributed by atoms with van der Waals surface area (Å²) in [6.07, 6.45) is -3.75. The number of nitrogens with zero attached hydrogens (tertiary/aromatic N) is 6. The number of hydrogen-bond donors (Lipinski definition) is 1. The Morgan fingerprint density at radius 2 is 1.87 bits per heavy atom. The van der Waals surface area contributed by atoms with E-state index in [1.54, 1.807) is 17.9 Å². The van der Waals surface area contributed by atoms with E-state index in [1.807, 2.05) is 4.90 Å². The molecule has 8 nitrogen and oxygen atoms in total. The number of phenols is 1. The van der Waals surface area contributed by atoms with Gasteiger partial charge >= 0.3 is 6.18 Å². The molecule has 31 heavy (non-hydrogen) atoms. The summed E-state index contributed by atoms with van der Waals surface area (Å²) < 4.78 is 40.5. The summed E-state index contributed by atoms with van der Waals surface area (Å²) in [7, 11) is 0. The molecule has 2 aromatic rings. The fourth-order valence-electron chi connectivity index (χ4n) is 3.45. The first-order chi connectivity index (χ1) is 14.6. The minimum Gasteiger partial charge on any atom is -0.507 e. The van der Waals surface area contributed by atoms with Crippen LogP contribution in [-0.2, 0) is 11.0 Å². The zero-order valence-corrected chi connectivity index (χ0v) is 17.2. The second-order valence-corrected chi connectivity index (χ2v) is 7.28. The number of phenolic OH excluding ortho intramolecular Hbond substituents is 1. The van der Waals surface area contributed by atoms with Crippen molar-refractivity contribution < 1.29 is 23.1 Å². The number of amides is 1. The van der Waals surface area contributed by atoms with Crippen LogP contribution in [0.5, 0.6) is 5.75 Å². The van der Waals surface area contributed by atoms with Gasteiger partial charge in [0, 0.05) is 44.2 Å². The van der Waals surface area contributed by atoms with Crippen LogP contribution in [0.4, 0.5) is 13.2 Å². The maximum atomic E-state index is 13.0. The highest BCUT2D eigenvalue weighted by Gasteiger charge is 2.32. The Balaban J connectivity index is 2.00. The van der Waals surface area contributed by atoms with E-state index in [4.69, 9.17) is 0 Å². The normalized spacial score (nSPS) is 15.9. The van der Waals surface area contributed by atoms with Gasteiger partial charge in [0.15, 0.2) is 0 Å². The number of carbonyl (C=O) groups is 1. The molecule has 0 spiro atoms. The molecule has 0 atom stereocenters. The lowest BCUT2D eigenvalue weighted by atomic mass is 10.00. The van der Waals surface area contributed by atoms with Gasteiger partial charge in [-0.05, 0) is 37.6 Å². The molecule has 3 rings (SSSR count). The van der Waals surface area contributed by atoms with Crippen LogP contribution in [0.2, 0.25) is 0 Å². The number of hydrogen-bond acceptors (Lipinski definition) is 6. The van der Waals surface area contributed by atoms with E-state index < -0.39 is 17.5 Å². The van der Waals surface area contributed by atoms with Gasteiger partial charge in [0.05, 0.1) is 17.9 Å². The molecule has 11 heteroatoms. The van der Waals surface area contributed by atoms with E-state index in [0.717, 1.165) is 12.5 Å². The highest BCUT2D eigenvalue weighted by atomic mass is 19.4. The summed E-state index contributed by atoms with van der Waals surface area (Å²) in [6, 6.07) is 3.27. The molecule has 1 N–H and O–H groups in total. The number of benzene rings is 1. The van der Waals surface area contributed by atoms with Crippen LogP contribution in [0.15, 0.2) is 28.3 Å². The lowest BCUT2D eigenvalue weighted by molar-refractivity contribution is -0.137. The molecule has 1 amide bonds. The highest BCUT2D eigenvalue weighted by Crippen LogP contribution is 2.38. The molecule has 1 aromatic carbocycles. The molecule has 1 aliphatic heterocycles. The first-order valence-electron chi connectivity index (χ1n) is 9.55. The summed E-state index contributed by atoms with van der Waals surface area (Å²) in [6.45, 7) is 9.55. The number of carbonyl (C=O) groups excluding carboxylic acids is 1. The maximum Gasteiger partial charge on any atom is 0.416 e. The van der Waals surface area contributed by atoms with Crippen molar-refractivity contribution in [3.8, 4) is 17.0 Å². The van der Waals surface area contributed by atoms with Crippen molar-refractivity contribution in [2.24, 2.45) is 10.1 Å². The minimum absolute atomic E-state index is 0.198. The summed E-state index contributed by atoms with van der Waals surface area (Å²) >= 11 is 0. The van der Waals surface area contributed by atoms with Gasteiger partial charge in [-0.2, -0.15) is 18.3 Å². The van der Waals surface area contributed by atoms with Crippen LogP contribution < -0.4 is 5.62 Å². The Kier molecular flexibility index (Phi) is 6.44. The molecular formula is C20H23F3N6O2. The number of aromatic hydroxyl groups is 1. The van der Waals surface area contributed by atoms with Crippen molar-refractivity contribution in [1.29, 1.82) is 0 Å². The monoisotopic (exact) mass is 436 g/mol. The molecule has 0 bridgehead atoms. The number of piperazine rings is 1. The van der Waals surface area contributed by atoms with Crippen LogP contribution >= 0.6 is 0 Å². The molecule has 0 unspecified atom stereocenters. The first kappa shape index (κ1) is 22.5. The molecule has 2 heterocycles. The SMILES string of the molecule is C=Nn1c(C)cc(-c2c(C)cc(C(F)(F)F)cc2O)n/c1=N/CN1CCN(C=O)CC1. The summed E-state index contributed by atoms with van der Waals surface area (Å²) in [4.78, 5) is 23.5. The lowest BCUT2D eigenvalue weighted by Crippen LogP contribution is -2.46. The topological polar surface area (TPSA) is 86.3 Å². The minimum atomic E-state index is -4.56. The second kappa shape index (κ2) is 8.88. The van der Waals surface area contributed by atoms with Crippen molar-refractivity contribution in [3.63, 3.8) is 0 Å². The second-order valence-electron chi connectivity index (χ2n) is 7.28. The zero-order valence-electron chi connectivity index (χ0n) is 17.2. The third kappa shape index (κ3) is 4.93. The zero-order chi connectivity index (χ0) is 22.8. The van der Waals surface area contributed by atoms with Crippen LogP contribution in [0.1, 0.15) is 16.8 Å². The number of rotatable bonds is 5. The number of aryl methyl sites for hydroxylation is 2. The summed E-state index contributed by atoms with van der Waals surface area (Å²) in [5, 5.41) is 14.2. The van der Waals surface area contributed by atoms with E-state index in [1.165, 1.54) is 11.6 Å². The van der Waals surface area contributed by atoms with Crippen molar-refractivity contribution in [2.75, 3.05) is 32.8 Å². The Morgan fingerprint density at radius 1 is 1.19 bits per heavy atom. The molecular weight excluding hydrogens is 413 g/mol. The number of aromatic nitrogens is 2. The van der Waals surface area contributed by atoms with Gasteiger partial charge in [-0.3, -0.25) is 9.69 Å². The maximum absolute atomic E-state index is 13.0. The highest BCUT2D eigenvalue weighted by molar-refractivity contribution is 5.71. The van der Waals surface area contributed by atoms with Crippen LogP contribution in [0.3, 0.4) is 0 Å². The fourth-order valence-corrected chi connectivity index (χ4v) is 3.45. The fraction of sp³-hybridized carbons (Fsp3) is 0.400. The predicted octanol–water partition coefficient (Wildman–Crippen LogP) is 1.99. The Morgan fingerprint density at radius 3 is 2.42 bits per heavy atom. The molecule has 1 fully saturated rings. The summed E-state index contributed by atoms with van der Waals surface area (Å²) in [5.74, 6) is -0.514. The third-order valence-electron chi connectivity index (χ3n) is 5.10. The van der Waals surface area contributed by atoms with E-state index in [2.05, 4.69) is 21.8 Å². The Labute approximate surface area is 177 Å². The van der Waals surface area contributed by atoms with Crippen LogP contribution in [0.25, 0.3) is 11.3 Å². The predicted molar refractivity (Wildman–Crippen MR) is 108 cm³/mol. The van der Waals surface area contributed by atoms with Gasteiger partial charge in [0.25, 0.3) is 0 Å². The molecule has 0 aliphatic carbocycles. The summed E-state index contributed by atoms with van der Waals surface area (Å²) in [5.41, 5.74) is 0.597. The van der Waals surface area contributed by atoms with Crippen LogP contribution in [0, 0.1) is 13.8 Å². The number of halogens is 3. The smallest absolute Gasteiger partial charge is 0.416 e. The van der Waals surface area contributed by atoms with Crippen molar-refractivity contribution in [2.45, 2.75) is 20.0 Å². The van der Waals surface area contributed by atoms with Gasteiger partial charge in [-0.15, -0.1) is 0 Å². The van der Waals surface area contributed by atoms with Crippen LogP contribution in [-0.4, -0.2) is 70.5 Å². The molecule has 1 aliphatic rings.